The minimum Gasteiger partial charge on any atom is -0.310 e. The molecular weight excluding hydrogens is 254 g/mol. The van der Waals surface area contributed by atoms with Crippen LogP contribution >= 0.6 is 0 Å². The minimum atomic E-state index is 0.543. The number of rotatable bonds is 5. The Balaban J connectivity index is 2.12. The second kappa shape index (κ2) is 7.45. The Morgan fingerprint density at radius 3 is 1.95 bits per heavy atom. The molecule has 2 rings (SSSR count). The Kier molecular flexibility index (Phi) is 5.87. The first-order valence-electron chi connectivity index (χ1n) is 8.82. The Labute approximate surface area is 131 Å². The third kappa shape index (κ3) is 4.32. The van der Waals surface area contributed by atoms with Gasteiger partial charge in [-0.25, -0.2) is 0 Å². The summed E-state index contributed by atoms with van der Waals surface area (Å²) in [5, 5.41) is 3.77. The van der Waals surface area contributed by atoms with Gasteiger partial charge < -0.3 is 5.32 Å². The highest BCUT2D eigenvalue weighted by atomic mass is 14.9. The summed E-state index contributed by atoms with van der Waals surface area (Å²) in [4.78, 5) is 0. The number of hydrogen-bond acceptors (Lipinski definition) is 1. The van der Waals surface area contributed by atoms with Gasteiger partial charge in [-0.3, -0.25) is 0 Å². The molecule has 21 heavy (non-hydrogen) atoms. The number of hydrogen-bond donors (Lipinski definition) is 1. The molecule has 0 heterocycles. The lowest BCUT2D eigenvalue weighted by Gasteiger charge is -2.36. The van der Waals surface area contributed by atoms with Crippen molar-refractivity contribution in [3.05, 3.63) is 34.9 Å². The lowest BCUT2D eigenvalue weighted by Crippen LogP contribution is -2.32. The molecule has 0 aromatic heterocycles. The van der Waals surface area contributed by atoms with Crippen LogP contribution in [0, 0.1) is 31.6 Å². The Bertz CT molecular complexity index is 421. The zero-order chi connectivity index (χ0) is 15.4. The highest BCUT2D eigenvalue weighted by Gasteiger charge is 2.29. The van der Waals surface area contributed by atoms with Crippen LogP contribution < -0.4 is 5.32 Å². The van der Waals surface area contributed by atoms with Crippen LogP contribution in [0.3, 0.4) is 0 Å². The summed E-state index contributed by atoms with van der Waals surface area (Å²) in [6, 6.07) is 7.59. The Morgan fingerprint density at radius 1 is 0.952 bits per heavy atom. The van der Waals surface area contributed by atoms with Crippen LogP contribution in [0.1, 0.15) is 69.2 Å². The fourth-order valence-electron chi connectivity index (χ4n) is 4.11. The van der Waals surface area contributed by atoms with Crippen molar-refractivity contribution in [2.45, 2.75) is 66.3 Å². The first-order valence-corrected chi connectivity index (χ1v) is 8.82. The molecule has 0 bridgehead atoms. The standard InChI is InChI=1S/C20H33N/c1-6-21-20(19-12-15(4)11-16(5)13-19)18-9-7-17(8-10-18)14(2)3/h11-14,17-18,20-21H,6-10H2,1-5H3. The molecule has 1 N–H and O–H groups in total. The van der Waals surface area contributed by atoms with E-state index in [0.29, 0.717) is 6.04 Å². The van der Waals surface area contributed by atoms with E-state index >= 15 is 0 Å². The minimum absolute atomic E-state index is 0.543. The van der Waals surface area contributed by atoms with Crippen LogP contribution in [0.25, 0.3) is 0 Å². The smallest absolute Gasteiger partial charge is 0.0348 e. The molecule has 0 radical (unpaired) electrons. The topological polar surface area (TPSA) is 12.0 Å². The second-order valence-electron chi connectivity index (χ2n) is 7.38. The second-order valence-corrected chi connectivity index (χ2v) is 7.38. The molecule has 0 spiro atoms. The third-order valence-electron chi connectivity index (χ3n) is 5.26. The Morgan fingerprint density at radius 2 is 1.48 bits per heavy atom. The predicted molar refractivity (Wildman–Crippen MR) is 92.6 cm³/mol. The molecule has 1 aliphatic carbocycles. The van der Waals surface area contributed by atoms with Crippen LogP contribution in [-0.4, -0.2) is 6.54 Å². The van der Waals surface area contributed by atoms with E-state index in [4.69, 9.17) is 0 Å². The molecule has 1 heteroatoms. The molecule has 0 aliphatic heterocycles. The molecule has 1 saturated carbocycles. The van der Waals surface area contributed by atoms with Crippen LogP contribution in [0.2, 0.25) is 0 Å². The van der Waals surface area contributed by atoms with E-state index < -0.39 is 0 Å². The molecule has 1 atom stereocenters. The zero-order valence-corrected chi connectivity index (χ0v) is 14.6. The van der Waals surface area contributed by atoms with E-state index in [9.17, 15) is 0 Å². The van der Waals surface area contributed by atoms with Crippen LogP contribution in [0.5, 0.6) is 0 Å². The van der Waals surface area contributed by atoms with E-state index in [1.165, 1.54) is 42.4 Å². The summed E-state index contributed by atoms with van der Waals surface area (Å²) in [7, 11) is 0. The third-order valence-corrected chi connectivity index (χ3v) is 5.26. The molecule has 1 aromatic rings. The first kappa shape index (κ1) is 16.5. The van der Waals surface area contributed by atoms with Gasteiger partial charge in [0, 0.05) is 6.04 Å². The van der Waals surface area contributed by atoms with Gasteiger partial charge in [0.15, 0.2) is 0 Å². The van der Waals surface area contributed by atoms with Crippen molar-refractivity contribution in [1.29, 1.82) is 0 Å². The molecule has 118 valence electrons. The summed E-state index contributed by atoms with van der Waals surface area (Å²) in [6.07, 6.45) is 5.59. The highest BCUT2D eigenvalue weighted by molar-refractivity contribution is 5.31. The Hall–Kier alpha value is -0.820. The fourth-order valence-corrected chi connectivity index (χ4v) is 4.11. The van der Waals surface area contributed by atoms with Crippen molar-refractivity contribution >= 4 is 0 Å². The molecular formula is C20H33N. The van der Waals surface area contributed by atoms with E-state index in [-0.39, 0.29) is 0 Å². The van der Waals surface area contributed by atoms with Crippen molar-refractivity contribution in [3.63, 3.8) is 0 Å². The quantitative estimate of drug-likeness (QED) is 0.763. The number of benzene rings is 1. The van der Waals surface area contributed by atoms with Crippen LogP contribution in [0.15, 0.2) is 18.2 Å². The van der Waals surface area contributed by atoms with Gasteiger partial charge in [0.1, 0.15) is 0 Å². The lowest BCUT2D eigenvalue weighted by molar-refractivity contribution is 0.190. The van der Waals surface area contributed by atoms with E-state index in [1.54, 1.807) is 0 Å². The van der Waals surface area contributed by atoms with E-state index in [2.05, 4.69) is 58.1 Å². The van der Waals surface area contributed by atoms with Gasteiger partial charge in [0.05, 0.1) is 0 Å². The van der Waals surface area contributed by atoms with Crippen molar-refractivity contribution < 1.29 is 0 Å². The molecule has 0 saturated heterocycles. The van der Waals surface area contributed by atoms with Crippen molar-refractivity contribution in [2.75, 3.05) is 6.54 Å². The summed E-state index contributed by atoms with van der Waals surface area (Å²) in [5.74, 6) is 2.61. The fraction of sp³-hybridized carbons (Fsp3) is 0.700. The maximum absolute atomic E-state index is 3.77. The van der Waals surface area contributed by atoms with Gasteiger partial charge in [-0.2, -0.15) is 0 Å². The summed E-state index contributed by atoms with van der Waals surface area (Å²) < 4.78 is 0. The van der Waals surface area contributed by atoms with Crippen molar-refractivity contribution in [1.82, 2.24) is 5.32 Å². The van der Waals surface area contributed by atoms with Gasteiger partial charge in [-0.15, -0.1) is 0 Å². The SMILES string of the molecule is CCNC(c1cc(C)cc(C)c1)C1CCC(C(C)C)CC1. The normalized spacial score (nSPS) is 24.3. The molecule has 1 unspecified atom stereocenters. The molecule has 1 aromatic carbocycles. The summed E-state index contributed by atoms with van der Waals surface area (Å²) in [5.41, 5.74) is 4.29. The maximum atomic E-state index is 3.77. The van der Waals surface area contributed by atoms with Crippen LogP contribution in [-0.2, 0) is 0 Å². The first-order chi connectivity index (χ1) is 10.0. The molecule has 1 aliphatic rings. The average molecular weight is 287 g/mol. The molecule has 1 nitrogen and oxygen atoms in total. The average Bonchev–Trinajstić information content (AvgIpc) is 2.44. The highest BCUT2D eigenvalue weighted by Crippen LogP contribution is 2.39. The van der Waals surface area contributed by atoms with Gasteiger partial charge in [0.2, 0.25) is 0 Å². The summed E-state index contributed by atoms with van der Waals surface area (Å²) in [6.45, 7) is 12.5. The van der Waals surface area contributed by atoms with E-state index in [1.807, 2.05) is 0 Å². The van der Waals surface area contributed by atoms with Crippen LogP contribution in [0.4, 0.5) is 0 Å². The summed E-state index contributed by atoms with van der Waals surface area (Å²) >= 11 is 0. The number of aryl methyl sites for hydroxylation is 2. The lowest BCUT2D eigenvalue weighted by atomic mass is 9.73. The monoisotopic (exact) mass is 287 g/mol. The zero-order valence-electron chi connectivity index (χ0n) is 14.6. The largest absolute Gasteiger partial charge is 0.310 e. The van der Waals surface area contributed by atoms with Gasteiger partial charge >= 0.3 is 0 Å². The maximum Gasteiger partial charge on any atom is 0.0348 e. The van der Waals surface area contributed by atoms with Crippen molar-refractivity contribution in [3.8, 4) is 0 Å². The number of nitrogens with one attached hydrogen (secondary N) is 1. The van der Waals surface area contributed by atoms with Crippen molar-refractivity contribution in [2.24, 2.45) is 17.8 Å². The molecule has 0 amide bonds. The van der Waals surface area contributed by atoms with Gasteiger partial charge in [0.25, 0.3) is 0 Å². The van der Waals surface area contributed by atoms with E-state index in [0.717, 1.165) is 24.3 Å². The predicted octanol–water partition coefficient (Wildman–Crippen LogP) is 5.42. The molecule has 1 fully saturated rings. The van der Waals surface area contributed by atoms with Gasteiger partial charge in [-0.1, -0.05) is 50.1 Å². The van der Waals surface area contributed by atoms with Gasteiger partial charge in [-0.05, 0) is 69.4 Å².